The van der Waals surface area contributed by atoms with Crippen LogP contribution in [0, 0.1) is 5.92 Å². The van der Waals surface area contributed by atoms with Crippen molar-refractivity contribution in [1.29, 1.82) is 0 Å². The summed E-state index contributed by atoms with van der Waals surface area (Å²) in [6.45, 7) is 5.84. The first-order valence-corrected chi connectivity index (χ1v) is 9.41. The summed E-state index contributed by atoms with van der Waals surface area (Å²) in [7, 11) is 3.77. The number of aromatic amines is 1. The van der Waals surface area contributed by atoms with E-state index < -0.39 is 0 Å². The first-order chi connectivity index (χ1) is 11.8. The maximum absolute atomic E-state index is 12.6. The fourth-order valence-corrected chi connectivity index (χ4v) is 4.16. The van der Waals surface area contributed by atoms with Crippen LogP contribution in [0.5, 0.6) is 0 Å². The van der Waals surface area contributed by atoms with E-state index in [9.17, 15) is 9.59 Å². The van der Waals surface area contributed by atoms with Crippen LogP contribution in [0.3, 0.4) is 0 Å². The normalized spacial score (nSPS) is 22.5. The van der Waals surface area contributed by atoms with Crippen LogP contribution in [0.1, 0.15) is 57.2 Å². The molecule has 6 nitrogen and oxygen atoms in total. The number of fused-ring (bicyclic) bond motifs is 2. The van der Waals surface area contributed by atoms with Crippen molar-refractivity contribution < 1.29 is 4.79 Å². The smallest absolute Gasteiger partial charge is 0.255 e. The number of H-pyrrole nitrogens is 1. The van der Waals surface area contributed by atoms with Crippen LogP contribution < -0.4 is 10.5 Å². The van der Waals surface area contributed by atoms with Gasteiger partial charge in [0, 0.05) is 44.6 Å². The summed E-state index contributed by atoms with van der Waals surface area (Å²) >= 11 is 0. The van der Waals surface area contributed by atoms with E-state index in [1.807, 2.05) is 23.9 Å². The number of carbonyl (C=O) groups excluding carboxylic acids is 1. The van der Waals surface area contributed by atoms with Crippen molar-refractivity contribution in [3.05, 3.63) is 21.6 Å². The molecule has 6 heteroatoms. The molecule has 0 radical (unpaired) electrons. The number of anilines is 1. The molecular formula is C19H30N4O2. The molecule has 3 rings (SSSR count). The molecule has 0 aromatic carbocycles. The average Bonchev–Trinajstić information content (AvgIpc) is 2.91. The first kappa shape index (κ1) is 18.0. The van der Waals surface area contributed by atoms with Gasteiger partial charge in [-0.1, -0.05) is 13.8 Å². The van der Waals surface area contributed by atoms with Crippen molar-refractivity contribution in [1.82, 2.24) is 14.9 Å². The fraction of sp³-hybridized carbons (Fsp3) is 0.737. The van der Waals surface area contributed by atoms with Gasteiger partial charge in [0.15, 0.2) is 0 Å². The van der Waals surface area contributed by atoms with Crippen LogP contribution in [0.2, 0.25) is 0 Å². The summed E-state index contributed by atoms with van der Waals surface area (Å²) in [4.78, 5) is 36.6. The van der Waals surface area contributed by atoms with Gasteiger partial charge in [-0.25, -0.2) is 4.98 Å². The van der Waals surface area contributed by atoms with Crippen LogP contribution in [0.25, 0.3) is 0 Å². The van der Waals surface area contributed by atoms with Crippen LogP contribution in [0.15, 0.2) is 4.79 Å². The standard InChI is InChI=1S/C19H30N4O2/c1-13(2)6-7-15(24)23-11-5-9-19(12-23)10-8-14-16(19)20-18(22(3)4)21-17(14)25/h13H,5-12H2,1-4H3,(H,20,21,25). The topological polar surface area (TPSA) is 69.3 Å². The Bertz CT molecular complexity index is 710. The summed E-state index contributed by atoms with van der Waals surface area (Å²) in [6.07, 6.45) is 5.23. The minimum Gasteiger partial charge on any atom is -0.348 e. The van der Waals surface area contributed by atoms with Crippen LogP contribution in [0.4, 0.5) is 5.95 Å². The second kappa shape index (κ2) is 6.81. The van der Waals surface area contributed by atoms with E-state index in [4.69, 9.17) is 4.98 Å². The highest BCUT2D eigenvalue weighted by molar-refractivity contribution is 5.76. The lowest BCUT2D eigenvalue weighted by molar-refractivity contribution is -0.133. The molecule has 1 unspecified atom stereocenters. The lowest BCUT2D eigenvalue weighted by Crippen LogP contribution is -2.48. The molecule has 0 saturated carbocycles. The zero-order valence-electron chi connectivity index (χ0n) is 15.9. The molecule has 1 aliphatic carbocycles. The van der Waals surface area contributed by atoms with Crippen LogP contribution >= 0.6 is 0 Å². The molecule has 2 heterocycles. The van der Waals surface area contributed by atoms with Crippen molar-refractivity contribution in [2.24, 2.45) is 5.92 Å². The largest absolute Gasteiger partial charge is 0.348 e. The molecule has 1 saturated heterocycles. The molecule has 138 valence electrons. The molecule has 0 bridgehead atoms. The average molecular weight is 346 g/mol. The van der Waals surface area contributed by atoms with E-state index in [2.05, 4.69) is 18.8 Å². The number of aromatic nitrogens is 2. The molecule has 1 amide bonds. The van der Waals surface area contributed by atoms with Gasteiger partial charge in [0.1, 0.15) is 0 Å². The van der Waals surface area contributed by atoms with Crippen molar-refractivity contribution >= 4 is 11.9 Å². The quantitative estimate of drug-likeness (QED) is 0.906. The van der Waals surface area contributed by atoms with Gasteiger partial charge in [-0.2, -0.15) is 0 Å². The van der Waals surface area contributed by atoms with Gasteiger partial charge in [-0.15, -0.1) is 0 Å². The third-order valence-electron chi connectivity index (χ3n) is 5.65. The maximum atomic E-state index is 12.6. The highest BCUT2D eigenvalue weighted by Crippen LogP contribution is 2.43. The summed E-state index contributed by atoms with van der Waals surface area (Å²) < 4.78 is 0. The lowest BCUT2D eigenvalue weighted by atomic mass is 9.77. The second-order valence-corrected chi connectivity index (χ2v) is 8.24. The number of piperidine rings is 1. The Morgan fingerprint density at radius 3 is 2.80 bits per heavy atom. The minimum absolute atomic E-state index is 0.0196. The predicted octanol–water partition coefficient (Wildman–Crippen LogP) is 2.08. The molecule has 1 fully saturated rings. The number of likely N-dealkylation sites (tertiary alicyclic amines) is 1. The number of amides is 1. The Hall–Kier alpha value is -1.85. The van der Waals surface area contributed by atoms with Crippen LogP contribution in [-0.4, -0.2) is 48.0 Å². The van der Waals surface area contributed by atoms with Crippen molar-refractivity contribution in [3.63, 3.8) is 0 Å². The van der Waals surface area contributed by atoms with E-state index in [1.54, 1.807) is 0 Å². The Labute approximate surface area is 149 Å². The molecule has 1 aromatic rings. The van der Waals surface area contributed by atoms with Gasteiger partial charge in [0.05, 0.1) is 5.69 Å². The highest BCUT2D eigenvalue weighted by Gasteiger charge is 2.45. The molecule has 1 aliphatic heterocycles. The number of hydrogen-bond donors (Lipinski definition) is 1. The second-order valence-electron chi connectivity index (χ2n) is 8.24. The van der Waals surface area contributed by atoms with Crippen molar-refractivity contribution in [2.75, 3.05) is 32.1 Å². The van der Waals surface area contributed by atoms with E-state index >= 15 is 0 Å². The van der Waals surface area contributed by atoms with E-state index in [-0.39, 0.29) is 16.9 Å². The first-order valence-electron chi connectivity index (χ1n) is 9.41. The molecule has 1 spiro atoms. The summed E-state index contributed by atoms with van der Waals surface area (Å²) in [5.74, 6) is 1.39. The molecule has 25 heavy (non-hydrogen) atoms. The summed E-state index contributed by atoms with van der Waals surface area (Å²) in [5, 5.41) is 0. The minimum atomic E-state index is -0.139. The zero-order valence-corrected chi connectivity index (χ0v) is 15.9. The SMILES string of the molecule is CC(C)CCC(=O)N1CCCC2(CCc3c2nc(N(C)C)[nH]c3=O)C1. The zero-order chi connectivity index (χ0) is 18.2. The summed E-state index contributed by atoms with van der Waals surface area (Å²) in [5.41, 5.74) is 1.59. The Kier molecular flexibility index (Phi) is 4.89. The van der Waals surface area contributed by atoms with Crippen LogP contribution in [-0.2, 0) is 16.6 Å². The fourth-order valence-electron chi connectivity index (χ4n) is 4.16. The highest BCUT2D eigenvalue weighted by atomic mass is 16.2. The van der Waals surface area contributed by atoms with Crippen molar-refractivity contribution in [3.8, 4) is 0 Å². The van der Waals surface area contributed by atoms with Gasteiger partial charge in [0.2, 0.25) is 11.9 Å². The Morgan fingerprint density at radius 1 is 1.36 bits per heavy atom. The molecule has 1 N–H and O–H groups in total. The van der Waals surface area contributed by atoms with Gasteiger partial charge < -0.3 is 9.80 Å². The maximum Gasteiger partial charge on any atom is 0.255 e. The molecular weight excluding hydrogens is 316 g/mol. The number of rotatable bonds is 4. The number of hydrogen-bond acceptors (Lipinski definition) is 4. The molecule has 1 aromatic heterocycles. The Balaban J connectivity index is 1.87. The van der Waals surface area contributed by atoms with Crippen molar-refractivity contribution in [2.45, 2.75) is 57.8 Å². The predicted molar refractivity (Wildman–Crippen MR) is 99.1 cm³/mol. The van der Waals surface area contributed by atoms with Gasteiger partial charge >= 0.3 is 0 Å². The monoisotopic (exact) mass is 346 g/mol. The molecule has 1 atom stereocenters. The van der Waals surface area contributed by atoms with E-state index in [0.29, 0.717) is 24.8 Å². The number of nitrogens with one attached hydrogen (secondary N) is 1. The number of nitrogens with zero attached hydrogens (tertiary/aromatic N) is 3. The van der Waals surface area contributed by atoms with E-state index in [0.717, 1.165) is 49.9 Å². The molecule has 2 aliphatic rings. The Morgan fingerprint density at radius 2 is 2.12 bits per heavy atom. The van der Waals surface area contributed by atoms with Gasteiger partial charge in [-0.3, -0.25) is 14.6 Å². The number of carbonyl (C=O) groups is 1. The third kappa shape index (κ3) is 3.44. The van der Waals surface area contributed by atoms with E-state index in [1.165, 1.54) is 0 Å². The van der Waals surface area contributed by atoms with Gasteiger partial charge in [-0.05, 0) is 38.0 Å². The third-order valence-corrected chi connectivity index (χ3v) is 5.65. The lowest BCUT2D eigenvalue weighted by Gasteiger charge is -2.40. The van der Waals surface area contributed by atoms with Gasteiger partial charge in [0.25, 0.3) is 5.56 Å². The summed E-state index contributed by atoms with van der Waals surface area (Å²) in [6, 6.07) is 0.